The molecular weight excluding hydrogens is 254 g/mol. The van der Waals surface area contributed by atoms with Crippen molar-refractivity contribution < 1.29 is 0 Å². The summed E-state index contributed by atoms with van der Waals surface area (Å²) in [6.07, 6.45) is 0. The number of nitriles is 1. The minimum Gasteiger partial charge on any atom is -0.192 e. The van der Waals surface area contributed by atoms with Crippen molar-refractivity contribution in [2.75, 3.05) is 0 Å². The van der Waals surface area contributed by atoms with Gasteiger partial charge in [0.15, 0.2) is 0 Å². The van der Waals surface area contributed by atoms with Crippen LogP contribution in [0.1, 0.15) is 22.3 Å². The summed E-state index contributed by atoms with van der Waals surface area (Å²) in [4.78, 5) is 0. The number of nitrogens with zero attached hydrogens (tertiary/aromatic N) is 1. The minimum atomic E-state index is 0.680. The molecule has 0 saturated carbocycles. The van der Waals surface area contributed by atoms with E-state index in [9.17, 15) is 0 Å². The molecule has 0 aliphatic rings. The fourth-order valence-electron chi connectivity index (χ4n) is 2.42. The van der Waals surface area contributed by atoms with E-state index < -0.39 is 0 Å². The van der Waals surface area contributed by atoms with E-state index in [1.54, 1.807) is 0 Å². The van der Waals surface area contributed by atoms with Gasteiger partial charge in [0, 0.05) is 0 Å². The Morgan fingerprint density at radius 3 is 1.43 bits per heavy atom. The molecule has 0 amide bonds. The lowest BCUT2D eigenvalue weighted by Crippen LogP contribution is -2.04. The third kappa shape index (κ3) is 2.85. The molecule has 0 atom stereocenters. The molecule has 0 heterocycles. The Kier molecular flexibility index (Phi) is 3.80. The molecule has 3 rings (SSSR count). The van der Waals surface area contributed by atoms with Crippen LogP contribution >= 0.6 is 0 Å². The maximum Gasteiger partial charge on any atom is 0.0991 e. The van der Waals surface area contributed by atoms with Crippen LogP contribution in [0.4, 0.5) is 0 Å². The first-order valence-corrected chi connectivity index (χ1v) is 6.87. The van der Waals surface area contributed by atoms with Crippen molar-refractivity contribution in [3.05, 3.63) is 113 Å². The molecule has 0 saturated heterocycles. The van der Waals surface area contributed by atoms with E-state index in [1.165, 1.54) is 17.0 Å². The lowest BCUT2D eigenvalue weighted by Gasteiger charge is -2.17. The molecule has 1 radical (unpaired) electrons. The molecule has 3 aromatic rings. The number of hydrogen-bond acceptors (Lipinski definition) is 1. The van der Waals surface area contributed by atoms with E-state index in [2.05, 4.69) is 30.3 Å². The SMILES string of the molecule is N#Cc1ccc([C](c2ccccc2)c2ccccc2)cc1. The quantitative estimate of drug-likeness (QED) is 0.638. The van der Waals surface area contributed by atoms with Gasteiger partial charge in [-0.05, 0) is 28.8 Å². The molecule has 0 aromatic heterocycles. The van der Waals surface area contributed by atoms with Gasteiger partial charge in [-0.2, -0.15) is 5.26 Å². The number of hydrogen-bond donors (Lipinski definition) is 0. The largest absolute Gasteiger partial charge is 0.192 e. The zero-order chi connectivity index (χ0) is 14.5. The monoisotopic (exact) mass is 268 g/mol. The van der Waals surface area contributed by atoms with Gasteiger partial charge in [-0.25, -0.2) is 0 Å². The maximum atomic E-state index is 8.94. The van der Waals surface area contributed by atoms with E-state index >= 15 is 0 Å². The Hall–Kier alpha value is -2.85. The lowest BCUT2D eigenvalue weighted by atomic mass is 9.85. The molecule has 0 fully saturated rings. The molecule has 99 valence electrons. The third-order valence-electron chi connectivity index (χ3n) is 3.43. The van der Waals surface area contributed by atoms with Gasteiger partial charge in [0.2, 0.25) is 0 Å². The van der Waals surface area contributed by atoms with Gasteiger partial charge in [0.1, 0.15) is 0 Å². The second kappa shape index (κ2) is 6.07. The summed E-state index contributed by atoms with van der Waals surface area (Å²) in [6, 6.07) is 30.6. The Balaban J connectivity index is 2.10. The second-order valence-corrected chi connectivity index (χ2v) is 4.80. The lowest BCUT2D eigenvalue weighted by molar-refractivity contribution is 1.23. The summed E-state index contributed by atoms with van der Waals surface area (Å²) in [7, 11) is 0. The van der Waals surface area contributed by atoms with Crippen molar-refractivity contribution in [3.8, 4) is 6.07 Å². The van der Waals surface area contributed by atoms with Gasteiger partial charge in [-0.3, -0.25) is 0 Å². The predicted octanol–water partition coefficient (Wildman–Crippen LogP) is 4.58. The molecule has 0 bridgehead atoms. The summed E-state index contributed by atoms with van der Waals surface area (Å²) >= 11 is 0. The van der Waals surface area contributed by atoms with Crippen LogP contribution in [0.15, 0.2) is 84.9 Å². The Labute approximate surface area is 125 Å². The highest BCUT2D eigenvalue weighted by Crippen LogP contribution is 2.30. The Morgan fingerprint density at radius 2 is 1.00 bits per heavy atom. The zero-order valence-electron chi connectivity index (χ0n) is 11.5. The van der Waals surface area contributed by atoms with Crippen LogP contribution < -0.4 is 0 Å². The summed E-state index contributed by atoms with van der Waals surface area (Å²) in [5.74, 6) is 1.18. The number of rotatable bonds is 3. The van der Waals surface area contributed by atoms with E-state index in [-0.39, 0.29) is 0 Å². The van der Waals surface area contributed by atoms with Crippen molar-refractivity contribution in [2.45, 2.75) is 0 Å². The van der Waals surface area contributed by atoms with Gasteiger partial charge in [-0.15, -0.1) is 0 Å². The molecule has 1 nitrogen and oxygen atoms in total. The van der Waals surface area contributed by atoms with Crippen molar-refractivity contribution >= 4 is 0 Å². The van der Waals surface area contributed by atoms with Gasteiger partial charge in [-0.1, -0.05) is 72.8 Å². The molecule has 0 aliphatic carbocycles. The van der Waals surface area contributed by atoms with Gasteiger partial charge in [0.05, 0.1) is 17.6 Å². The normalized spacial score (nSPS) is 10.3. The average Bonchev–Trinajstić information content (AvgIpc) is 2.58. The average molecular weight is 268 g/mol. The first kappa shape index (κ1) is 13.1. The highest BCUT2D eigenvalue weighted by atomic mass is 14.2. The minimum absolute atomic E-state index is 0.680. The summed E-state index contributed by atoms with van der Waals surface area (Å²) in [6.45, 7) is 0. The standard InChI is InChI=1S/C20H14N/c21-15-16-11-13-19(14-12-16)20(17-7-3-1-4-8-17)18-9-5-2-6-10-18/h1-14H. The molecular formula is C20H14N. The van der Waals surface area contributed by atoms with Crippen LogP contribution in [-0.4, -0.2) is 0 Å². The third-order valence-corrected chi connectivity index (χ3v) is 3.43. The van der Waals surface area contributed by atoms with E-state index in [4.69, 9.17) is 5.26 Å². The topological polar surface area (TPSA) is 23.8 Å². The van der Waals surface area contributed by atoms with Crippen molar-refractivity contribution in [2.24, 2.45) is 0 Å². The zero-order valence-corrected chi connectivity index (χ0v) is 11.5. The Bertz CT molecular complexity index is 698. The molecule has 21 heavy (non-hydrogen) atoms. The van der Waals surface area contributed by atoms with Crippen LogP contribution in [0.25, 0.3) is 0 Å². The Morgan fingerprint density at radius 1 is 0.571 bits per heavy atom. The van der Waals surface area contributed by atoms with Gasteiger partial charge < -0.3 is 0 Å². The van der Waals surface area contributed by atoms with Crippen molar-refractivity contribution in [1.29, 1.82) is 5.26 Å². The van der Waals surface area contributed by atoms with E-state index in [1.807, 2.05) is 60.7 Å². The maximum absolute atomic E-state index is 8.94. The van der Waals surface area contributed by atoms with Crippen LogP contribution in [0.5, 0.6) is 0 Å². The molecule has 0 N–H and O–H groups in total. The van der Waals surface area contributed by atoms with Crippen LogP contribution in [-0.2, 0) is 0 Å². The van der Waals surface area contributed by atoms with Gasteiger partial charge >= 0.3 is 0 Å². The molecule has 0 unspecified atom stereocenters. The smallest absolute Gasteiger partial charge is 0.0991 e. The highest BCUT2D eigenvalue weighted by molar-refractivity contribution is 5.57. The molecule has 0 aliphatic heterocycles. The summed E-state index contributed by atoms with van der Waals surface area (Å²) < 4.78 is 0. The first-order valence-electron chi connectivity index (χ1n) is 6.87. The van der Waals surface area contributed by atoms with E-state index in [0.29, 0.717) is 5.56 Å². The van der Waals surface area contributed by atoms with Gasteiger partial charge in [0.25, 0.3) is 0 Å². The second-order valence-electron chi connectivity index (χ2n) is 4.80. The first-order chi connectivity index (χ1) is 10.4. The molecule has 0 spiro atoms. The summed E-state index contributed by atoms with van der Waals surface area (Å²) in [5.41, 5.74) is 4.15. The fraction of sp³-hybridized carbons (Fsp3) is 0. The van der Waals surface area contributed by atoms with Crippen LogP contribution in [0, 0.1) is 17.2 Å². The fourth-order valence-corrected chi connectivity index (χ4v) is 2.42. The van der Waals surface area contributed by atoms with Crippen LogP contribution in [0.3, 0.4) is 0 Å². The van der Waals surface area contributed by atoms with Crippen molar-refractivity contribution in [1.82, 2.24) is 0 Å². The van der Waals surface area contributed by atoms with Crippen LogP contribution in [0.2, 0.25) is 0 Å². The van der Waals surface area contributed by atoms with E-state index in [0.717, 1.165) is 5.56 Å². The molecule has 1 heteroatoms. The van der Waals surface area contributed by atoms with Crippen molar-refractivity contribution in [3.63, 3.8) is 0 Å². The predicted molar refractivity (Wildman–Crippen MR) is 84.6 cm³/mol. The number of benzene rings is 3. The molecule has 3 aromatic carbocycles. The summed E-state index contributed by atoms with van der Waals surface area (Å²) in [5, 5.41) is 8.94. The highest BCUT2D eigenvalue weighted by Gasteiger charge is 2.16.